The molecule has 0 amide bonds. The molecule has 6 atom stereocenters. The number of hydrogen-bond donors (Lipinski definition) is 5. The van der Waals surface area contributed by atoms with E-state index < -0.39 is 37.3 Å². The molecule has 6 unspecified atom stereocenters. The van der Waals surface area contributed by atoms with Crippen molar-refractivity contribution in [3.8, 4) is 28.7 Å². The largest absolute Gasteiger partial charge is 0.504 e. The lowest BCUT2D eigenvalue weighted by Crippen LogP contribution is -2.60. The number of hydrogen-bond acceptors (Lipinski definition) is 10. The Kier molecular flexibility index (Phi) is 6.82. The maximum atomic E-state index is 10.7. The first-order valence-corrected chi connectivity index (χ1v) is 10.5. The standard InChI is InChI=1S/C23H28O10/c1-29-15-6-5-14(18(25)22(15)30-2)12-7-11-3-4-13(8-16(11)31-10-12)32-23-21(28)20(27)19(26)17(9-24)33-23/h3-6,8,12,17,19-21,23-28H,7,9-10H2,1-2H3. The minimum Gasteiger partial charge on any atom is -0.504 e. The van der Waals surface area contributed by atoms with E-state index >= 15 is 0 Å². The topological polar surface area (TPSA) is 147 Å². The van der Waals surface area contributed by atoms with E-state index in [0.29, 0.717) is 35.8 Å². The second kappa shape index (κ2) is 9.62. The van der Waals surface area contributed by atoms with Crippen LogP contribution in [0.4, 0.5) is 0 Å². The van der Waals surface area contributed by atoms with Gasteiger partial charge in [0.1, 0.15) is 35.9 Å². The number of rotatable bonds is 6. The van der Waals surface area contributed by atoms with Crippen LogP contribution >= 0.6 is 0 Å². The molecule has 0 saturated carbocycles. The molecule has 2 heterocycles. The fraction of sp³-hybridized carbons (Fsp3) is 0.478. The Hall–Kier alpha value is -2.76. The van der Waals surface area contributed by atoms with E-state index in [4.69, 9.17) is 23.7 Å². The van der Waals surface area contributed by atoms with Gasteiger partial charge in [0.2, 0.25) is 12.0 Å². The Labute approximate surface area is 190 Å². The van der Waals surface area contributed by atoms with Crippen LogP contribution in [0.5, 0.6) is 28.7 Å². The van der Waals surface area contributed by atoms with Gasteiger partial charge in [-0.2, -0.15) is 0 Å². The van der Waals surface area contributed by atoms with E-state index in [1.54, 1.807) is 30.3 Å². The van der Waals surface area contributed by atoms with E-state index in [0.717, 1.165) is 5.56 Å². The van der Waals surface area contributed by atoms with Crippen LogP contribution in [0, 0.1) is 0 Å². The van der Waals surface area contributed by atoms with Crippen LogP contribution in [0.1, 0.15) is 17.0 Å². The van der Waals surface area contributed by atoms with Crippen LogP contribution in [0.3, 0.4) is 0 Å². The van der Waals surface area contributed by atoms with E-state index in [-0.39, 0.29) is 17.4 Å². The molecule has 33 heavy (non-hydrogen) atoms. The summed E-state index contributed by atoms with van der Waals surface area (Å²) in [7, 11) is 2.96. The summed E-state index contributed by atoms with van der Waals surface area (Å²) in [5.74, 6) is 1.50. The summed E-state index contributed by atoms with van der Waals surface area (Å²) in [4.78, 5) is 0. The van der Waals surface area contributed by atoms with Gasteiger partial charge in [-0.1, -0.05) is 12.1 Å². The highest BCUT2D eigenvalue weighted by Crippen LogP contribution is 2.44. The Morgan fingerprint density at radius 2 is 1.79 bits per heavy atom. The van der Waals surface area contributed by atoms with Crippen molar-refractivity contribution >= 4 is 0 Å². The molecule has 180 valence electrons. The monoisotopic (exact) mass is 464 g/mol. The van der Waals surface area contributed by atoms with E-state index in [9.17, 15) is 25.5 Å². The van der Waals surface area contributed by atoms with Gasteiger partial charge in [0, 0.05) is 17.5 Å². The number of methoxy groups -OCH3 is 2. The predicted octanol–water partition coefficient (Wildman–Crippen LogP) is 0.307. The highest BCUT2D eigenvalue weighted by molar-refractivity contribution is 5.57. The summed E-state index contributed by atoms with van der Waals surface area (Å²) in [5, 5.41) is 50.0. The first-order chi connectivity index (χ1) is 15.9. The molecule has 2 aliphatic rings. The van der Waals surface area contributed by atoms with Crippen molar-refractivity contribution in [2.45, 2.75) is 43.0 Å². The number of aliphatic hydroxyl groups is 4. The molecule has 2 aromatic carbocycles. The van der Waals surface area contributed by atoms with Crippen LogP contribution < -0.4 is 18.9 Å². The van der Waals surface area contributed by atoms with Gasteiger partial charge in [-0.15, -0.1) is 0 Å². The predicted molar refractivity (Wildman–Crippen MR) is 114 cm³/mol. The Balaban J connectivity index is 1.50. The van der Waals surface area contributed by atoms with Crippen molar-refractivity contribution in [1.82, 2.24) is 0 Å². The van der Waals surface area contributed by atoms with Crippen LogP contribution in [-0.4, -0.2) is 83.7 Å². The van der Waals surface area contributed by atoms with Gasteiger partial charge in [0.15, 0.2) is 11.5 Å². The molecule has 2 aromatic rings. The molecule has 1 saturated heterocycles. The number of phenolic OH excluding ortho intramolecular Hbond substituents is 1. The molecule has 0 aromatic heterocycles. The number of fused-ring (bicyclic) bond motifs is 1. The average Bonchev–Trinajstić information content (AvgIpc) is 2.83. The summed E-state index contributed by atoms with van der Waals surface area (Å²) in [6, 6.07) is 8.63. The zero-order chi connectivity index (χ0) is 23.7. The molecule has 1 fully saturated rings. The van der Waals surface area contributed by atoms with Crippen LogP contribution in [-0.2, 0) is 11.2 Å². The molecule has 10 heteroatoms. The molecular weight excluding hydrogens is 436 g/mol. The molecule has 5 N–H and O–H groups in total. The van der Waals surface area contributed by atoms with Crippen LogP contribution in [0.15, 0.2) is 30.3 Å². The fourth-order valence-corrected chi connectivity index (χ4v) is 4.18. The first-order valence-electron chi connectivity index (χ1n) is 10.5. The van der Waals surface area contributed by atoms with Crippen molar-refractivity contribution < 1.29 is 49.2 Å². The number of ether oxygens (including phenoxy) is 5. The Bertz CT molecular complexity index is 978. The summed E-state index contributed by atoms with van der Waals surface area (Å²) >= 11 is 0. The number of phenols is 1. The summed E-state index contributed by atoms with van der Waals surface area (Å²) in [6.45, 7) is -0.234. The third-order valence-electron chi connectivity index (χ3n) is 6.04. The van der Waals surface area contributed by atoms with Gasteiger partial charge in [-0.25, -0.2) is 0 Å². The molecule has 2 aliphatic heterocycles. The summed E-state index contributed by atoms with van der Waals surface area (Å²) in [5.41, 5.74) is 1.57. The Morgan fingerprint density at radius 3 is 2.48 bits per heavy atom. The third kappa shape index (κ3) is 4.40. The minimum absolute atomic E-state index is 0.0106. The van der Waals surface area contributed by atoms with Crippen molar-refractivity contribution in [2.75, 3.05) is 27.4 Å². The second-order valence-corrected chi connectivity index (χ2v) is 8.04. The molecule has 4 rings (SSSR count). The average molecular weight is 464 g/mol. The lowest BCUT2D eigenvalue weighted by atomic mass is 9.89. The van der Waals surface area contributed by atoms with Crippen molar-refractivity contribution in [3.05, 3.63) is 41.5 Å². The molecule has 10 nitrogen and oxygen atoms in total. The zero-order valence-electron chi connectivity index (χ0n) is 18.2. The smallest absolute Gasteiger partial charge is 0.229 e. The number of aliphatic hydroxyl groups excluding tert-OH is 4. The van der Waals surface area contributed by atoms with Gasteiger partial charge in [0.05, 0.1) is 27.4 Å². The highest BCUT2D eigenvalue weighted by Gasteiger charge is 2.44. The normalized spacial score (nSPS) is 29.0. The van der Waals surface area contributed by atoms with Gasteiger partial charge in [0.25, 0.3) is 0 Å². The molecule has 0 spiro atoms. The van der Waals surface area contributed by atoms with Crippen molar-refractivity contribution in [1.29, 1.82) is 0 Å². The van der Waals surface area contributed by atoms with Crippen molar-refractivity contribution in [2.24, 2.45) is 0 Å². The SMILES string of the molecule is COc1ccc(C2COc3cc(OC4OC(CO)C(O)C(O)C4O)ccc3C2)c(O)c1OC. The lowest BCUT2D eigenvalue weighted by molar-refractivity contribution is -0.277. The number of benzene rings is 2. The highest BCUT2D eigenvalue weighted by atomic mass is 16.7. The molecule has 0 aliphatic carbocycles. The molecule has 0 bridgehead atoms. The minimum atomic E-state index is -1.52. The van der Waals surface area contributed by atoms with E-state index in [2.05, 4.69) is 0 Å². The van der Waals surface area contributed by atoms with Gasteiger partial charge in [-0.3, -0.25) is 0 Å². The quantitative estimate of drug-likeness (QED) is 0.405. The summed E-state index contributed by atoms with van der Waals surface area (Å²) in [6.07, 6.45) is -6.22. The lowest BCUT2D eigenvalue weighted by Gasteiger charge is -2.39. The fourth-order valence-electron chi connectivity index (χ4n) is 4.18. The molecule has 0 radical (unpaired) electrons. The van der Waals surface area contributed by atoms with E-state index in [1.165, 1.54) is 14.2 Å². The maximum absolute atomic E-state index is 10.7. The van der Waals surface area contributed by atoms with Crippen molar-refractivity contribution in [3.63, 3.8) is 0 Å². The second-order valence-electron chi connectivity index (χ2n) is 8.04. The zero-order valence-corrected chi connectivity index (χ0v) is 18.2. The van der Waals surface area contributed by atoms with Gasteiger partial charge in [-0.05, 0) is 24.1 Å². The third-order valence-corrected chi connectivity index (χ3v) is 6.04. The number of aromatic hydroxyl groups is 1. The summed E-state index contributed by atoms with van der Waals surface area (Å²) < 4.78 is 27.5. The van der Waals surface area contributed by atoms with Gasteiger partial charge < -0.3 is 49.2 Å². The Morgan fingerprint density at radius 1 is 1.00 bits per heavy atom. The first kappa shape index (κ1) is 23.4. The van der Waals surface area contributed by atoms with Crippen LogP contribution in [0.25, 0.3) is 0 Å². The maximum Gasteiger partial charge on any atom is 0.229 e. The van der Waals surface area contributed by atoms with Gasteiger partial charge >= 0.3 is 0 Å². The van der Waals surface area contributed by atoms with Crippen LogP contribution in [0.2, 0.25) is 0 Å². The van der Waals surface area contributed by atoms with E-state index in [1.807, 2.05) is 0 Å². The molecular formula is C23H28O10.